The molecule has 0 aliphatic rings. The van der Waals surface area contributed by atoms with E-state index < -0.39 is 0 Å². The SMILES string of the molecule is CCNC(=NCc1oc2ccc(F)cc2c1C)NCCN(C)CCCOC.I. The molecule has 1 aromatic carbocycles. The highest BCUT2D eigenvalue weighted by Gasteiger charge is 2.11. The van der Waals surface area contributed by atoms with E-state index in [1.165, 1.54) is 12.1 Å². The van der Waals surface area contributed by atoms with E-state index in [4.69, 9.17) is 9.15 Å². The Balaban J connectivity index is 0.00000392. The van der Waals surface area contributed by atoms with Gasteiger partial charge in [0.15, 0.2) is 5.96 Å². The molecule has 6 nitrogen and oxygen atoms in total. The number of halogens is 2. The normalized spacial score (nSPS) is 11.7. The number of ether oxygens (including phenoxy) is 1. The molecule has 0 aliphatic carbocycles. The van der Waals surface area contributed by atoms with Crippen LogP contribution in [-0.4, -0.2) is 57.8 Å². The topological polar surface area (TPSA) is 62.0 Å². The first-order valence-electron chi connectivity index (χ1n) is 9.42. The maximum Gasteiger partial charge on any atom is 0.191 e. The second kappa shape index (κ2) is 12.9. The molecule has 0 aliphatic heterocycles. The van der Waals surface area contributed by atoms with E-state index in [9.17, 15) is 4.39 Å². The molecule has 28 heavy (non-hydrogen) atoms. The molecular weight excluding hydrogens is 474 g/mol. The van der Waals surface area contributed by atoms with Crippen LogP contribution in [0.3, 0.4) is 0 Å². The van der Waals surface area contributed by atoms with E-state index in [2.05, 4.69) is 27.6 Å². The lowest BCUT2D eigenvalue weighted by Crippen LogP contribution is -2.41. The first-order chi connectivity index (χ1) is 13.0. The van der Waals surface area contributed by atoms with Crippen molar-refractivity contribution in [2.75, 3.05) is 46.9 Å². The molecule has 158 valence electrons. The molecule has 1 heterocycles. The molecule has 2 rings (SSSR count). The van der Waals surface area contributed by atoms with Crippen molar-refractivity contribution in [2.45, 2.75) is 26.8 Å². The zero-order valence-corrected chi connectivity index (χ0v) is 19.5. The number of nitrogens with zero attached hydrogens (tertiary/aromatic N) is 2. The van der Waals surface area contributed by atoms with Gasteiger partial charge in [-0.2, -0.15) is 0 Å². The van der Waals surface area contributed by atoms with Crippen LogP contribution in [0.2, 0.25) is 0 Å². The number of methoxy groups -OCH3 is 1. The molecular formula is C20H32FIN4O2. The molecule has 0 atom stereocenters. The van der Waals surface area contributed by atoms with Gasteiger partial charge in [0.05, 0.1) is 0 Å². The van der Waals surface area contributed by atoms with E-state index in [0.717, 1.165) is 61.9 Å². The fraction of sp³-hybridized carbons (Fsp3) is 0.550. The van der Waals surface area contributed by atoms with Crippen LogP contribution >= 0.6 is 24.0 Å². The number of aliphatic imine (C=N–C) groups is 1. The average Bonchev–Trinajstić information content (AvgIpc) is 2.95. The van der Waals surface area contributed by atoms with Crippen LogP contribution in [0.4, 0.5) is 4.39 Å². The minimum absolute atomic E-state index is 0. The van der Waals surface area contributed by atoms with E-state index in [-0.39, 0.29) is 29.8 Å². The standard InChI is InChI=1S/C20H31FN4O2.HI/c1-5-22-20(23-9-11-25(3)10-6-12-26-4)24-14-19-15(2)17-13-16(21)7-8-18(17)27-19;/h7-8,13H,5-6,9-12,14H2,1-4H3,(H2,22,23,24);1H. The third-order valence-corrected chi connectivity index (χ3v) is 4.40. The number of likely N-dealkylation sites (N-methyl/N-ethyl adjacent to an activating group) is 1. The summed E-state index contributed by atoms with van der Waals surface area (Å²) < 4.78 is 24.4. The van der Waals surface area contributed by atoms with Crippen molar-refractivity contribution in [2.24, 2.45) is 4.99 Å². The molecule has 2 aromatic rings. The van der Waals surface area contributed by atoms with Crippen LogP contribution < -0.4 is 10.6 Å². The van der Waals surface area contributed by atoms with Gasteiger partial charge in [-0.15, -0.1) is 24.0 Å². The monoisotopic (exact) mass is 506 g/mol. The Morgan fingerprint density at radius 2 is 2.07 bits per heavy atom. The number of furan rings is 1. The van der Waals surface area contributed by atoms with Gasteiger partial charge >= 0.3 is 0 Å². The van der Waals surface area contributed by atoms with Crippen molar-refractivity contribution < 1.29 is 13.5 Å². The van der Waals surface area contributed by atoms with Crippen LogP contribution in [0.25, 0.3) is 11.0 Å². The Kier molecular flexibility index (Phi) is 11.4. The van der Waals surface area contributed by atoms with Gasteiger partial charge in [-0.05, 0) is 45.5 Å². The Labute approximate surface area is 183 Å². The number of fused-ring (bicyclic) bond motifs is 1. The molecule has 0 radical (unpaired) electrons. The van der Waals surface area contributed by atoms with Crippen molar-refractivity contribution in [1.29, 1.82) is 0 Å². The van der Waals surface area contributed by atoms with Gasteiger partial charge in [0, 0.05) is 50.8 Å². The molecule has 0 spiro atoms. The Morgan fingerprint density at radius 1 is 1.29 bits per heavy atom. The number of nitrogens with one attached hydrogen (secondary N) is 2. The van der Waals surface area contributed by atoms with E-state index in [1.54, 1.807) is 13.2 Å². The summed E-state index contributed by atoms with van der Waals surface area (Å²) in [5.41, 5.74) is 1.62. The highest BCUT2D eigenvalue weighted by atomic mass is 127. The Bertz CT molecular complexity index is 751. The number of aryl methyl sites for hydroxylation is 1. The minimum Gasteiger partial charge on any atom is -0.459 e. The predicted octanol–water partition coefficient (Wildman–Crippen LogP) is 3.52. The largest absolute Gasteiger partial charge is 0.459 e. The minimum atomic E-state index is -0.258. The predicted molar refractivity (Wildman–Crippen MR) is 123 cm³/mol. The van der Waals surface area contributed by atoms with Gasteiger partial charge < -0.3 is 24.7 Å². The molecule has 2 N–H and O–H groups in total. The average molecular weight is 506 g/mol. The highest BCUT2D eigenvalue weighted by Crippen LogP contribution is 2.26. The lowest BCUT2D eigenvalue weighted by Gasteiger charge is -2.18. The van der Waals surface area contributed by atoms with Crippen LogP contribution in [0, 0.1) is 12.7 Å². The zero-order chi connectivity index (χ0) is 19.6. The Hall–Kier alpha value is -1.39. The van der Waals surface area contributed by atoms with Crippen LogP contribution in [0.15, 0.2) is 27.6 Å². The molecule has 0 saturated heterocycles. The van der Waals surface area contributed by atoms with Crippen LogP contribution in [0.5, 0.6) is 0 Å². The Morgan fingerprint density at radius 3 is 2.79 bits per heavy atom. The number of guanidine groups is 1. The fourth-order valence-corrected chi connectivity index (χ4v) is 2.84. The van der Waals surface area contributed by atoms with Crippen LogP contribution in [0.1, 0.15) is 24.7 Å². The summed E-state index contributed by atoms with van der Waals surface area (Å²) >= 11 is 0. The molecule has 0 saturated carbocycles. The summed E-state index contributed by atoms with van der Waals surface area (Å²) in [6.45, 7) is 8.63. The summed E-state index contributed by atoms with van der Waals surface area (Å²) in [5.74, 6) is 1.24. The molecule has 0 bridgehead atoms. The quantitative estimate of drug-likeness (QED) is 0.224. The van der Waals surface area contributed by atoms with Crippen molar-refractivity contribution in [3.63, 3.8) is 0 Å². The van der Waals surface area contributed by atoms with Gasteiger partial charge in [-0.3, -0.25) is 0 Å². The zero-order valence-electron chi connectivity index (χ0n) is 17.2. The molecule has 0 amide bonds. The van der Waals surface area contributed by atoms with Crippen molar-refractivity contribution in [3.05, 3.63) is 35.3 Å². The van der Waals surface area contributed by atoms with E-state index in [1.807, 2.05) is 13.8 Å². The van der Waals surface area contributed by atoms with Crippen molar-refractivity contribution in [1.82, 2.24) is 15.5 Å². The number of hydrogen-bond acceptors (Lipinski definition) is 4. The van der Waals surface area contributed by atoms with Crippen molar-refractivity contribution >= 4 is 40.9 Å². The van der Waals surface area contributed by atoms with Crippen molar-refractivity contribution in [3.8, 4) is 0 Å². The second-order valence-electron chi connectivity index (χ2n) is 6.56. The third kappa shape index (κ3) is 7.56. The van der Waals surface area contributed by atoms with Crippen LogP contribution in [-0.2, 0) is 11.3 Å². The van der Waals surface area contributed by atoms with E-state index >= 15 is 0 Å². The smallest absolute Gasteiger partial charge is 0.191 e. The summed E-state index contributed by atoms with van der Waals surface area (Å²) in [4.78, 5) is 6.86. The molecule has 1 aromatic heterocycles. The fourth-order valence-electron chi connectivity index (χ4n) is 2.84. The molecule has 0 unspecified atom stereocenters. The van der Waals surface area contributed by atoms with Gasteiger partial charge in [-0.25, -0.2) is 9.38 Å². The van der Waals surface area contributed by atoms with E-state index in [0.29, 0.717) is 12.1 Å². The first kappa shape index (κ1) is 24.6. The molecule has 0 fully saturated rings. The third-order valence-electron chi connectivity index (χ3n) is 4.40. The van der Waals surface area contributed by atoms with Gasteiger partial charge in [0.2, 0.25) is 0 Å². The molecule has 8 heteroatoms. The maximum absolute atomic E-state index is 13.4. The highest BCUT2D eigenvalue weighted by molar-refractivity contribution is 14.0. The number of rotatable bonds is 10. The number of benzene rings is 1. The van der Waals surface area contributed by atoms with Gasteiger partial charge in [-0.1, -0.05) is 0 Å². The summed E-state index contributed by atoms with van der Waals surface area (Å²) in [6, 6.07) is 4.57. The maximum atomic E-state index is 13.4. The summed E-state index contributed by atoms with van der Waals surface area (Å²) in [6.07, 6.45) is 1.02. The summed E-state index contributed by atoms with van der Waals surface area (Å²) in [7, 11) is 3.82. The second-order valence-corrected chi connectivity index (χ2v) is 6.56. The number of hydrogen-bond donors (Lipinski definition) is 2. The summed E-state index contributed by atoms with van der Waals surface area (Å²) in [5, 5.41) is 7.38. The van der Waals surface area contributed by atoms with Gasteiger partial charge in [0.25, 0.3) is 0 Å². The lowest BCUT2D eigenvalue weighted by atomic mass is 10.1. The first-order valence-corrected chi connectivity index (χ1v) is 9.42. The lowest BCUT2D eigenvalue weighted by molar-refractivity contribution is 0.180. The van der Waals surface area contributed by atoms with Gasteiger partial charge in [0.1, 0.15) is 23.7 Å².